The maximum absolute atomic E-state index is 12.4. The van der Waals surface area contributed by atoms with Crippen molar-refractivity contribution < 1.29 is 14.3 Å². The van der Waals surface area contributed by atoms with Gasteiger partial charge in [0, 0.05) is 18.9 Å². The summed E-state index contributed by atoms with van der Waals surface area (Å²) in [6.45, 7) is 0.878. The first-order chi connectivity index (χ1) is 11.2. The Bertz CT molecular complexity index is 735. The summed E-state index contributed by atoms with van der Waals surface area (Å²) in [6.07, 6.45) is 7.83. The number of amides is 2. The van der Waals surface area contributed by atoms with Crippen molar-refractivity contribution in [1.82, 2.24) is 19.9 Å². The number of aromatic nitrogens is 3. The number of anilines is 1. The van der Waals surface area contributed by atoms with Gasteiger partial charge in [0.05, 0.1) is 37.3 Å². The summed E-state index contributed by atoms with van der Waals surface area (Å²) >= 11 is 0. The summed E-state index contributed by atoms with van der Waals surface area (Å²) in [6, 6.07) is 0. The average molecular weight is 313 g/mol. The third kappa shape index (κ3) is 3.10. The van der Waals surface area contributed by atoms with E-state index < -0.39 is 0 Å². The zero-order valence-electron chi connectivity index (χ0n) is 12.5. The molecule has 3 heterocycles. The van der Waals surface area contributed by atoms with Gasteiger partial charge in [-0.3, -0.25) is 9.78 Å². The Morgan fingerprint density at radius 2 is 1.96 bits per heavy atom. The molecule has 0 unspecified atom stereocenters. The Kier molecular flexibility index (Phi) is 4.13. The van der Waals surface area contributed by atoms with Crippen LogP contribution in [-0.4, -0.2) is 45.5 Å². The highest BCUT2D eigenvalue weighted by Gasteiger charge is 2.25. The van der Waals surface area contributed by atoms with Crippen LogP contribution < -0.4 is 5.32 Å². The summed E-state index contributed by atoms with van der Waals surface area (Å²) in [5.41, 5.74) is 2.76. The zero-order chi connectivity index (χ0) is 16.2. The number of carbonyl (C=O) groups excluding carboxylic acids is 2. The molecular weight excluding hydrogens is 298 g/mol. The van der Waals surface area contributed by atoms with E-state index in [0.29, 0.717) is 30.8 Å². The largest absolute Gasteiger partial charge is 0.453 e. The Labute approximate surface area is 132 Å². The maximum Gasteiger partial charge on any atom is 0.409 e. The van der Waals surface area contributed by atoms with Crippen LogP contribution >= 0.6 is 0 Å². The number of pyridine rings is 1. The fourth-order valence-corrected chi connectivity index (χ4v) is 2.54. The Balaban J connectivity index is 1.83. The van der Waals surface area contributed by atoms with Gasteiger partial charge < -0.3 is 15.0 Å². The molecule has 3 rings (SSSR count). The first kappa shape index (κ1) is 14.9. The topological polar surface area (TPSA) is 97.3 Å². The van der Waals surface area contributed by atoms with E-state index in [9.17, 15) is 9.59 Å². The number of rotatable bonds is 2. The number of ether oxygens (including phenoxy) is 1. The van der Waals surface area contributed by atoms with E-state index in [1.54, 1.807) is 11.1 Å². The second kappa shape index (κ2) is 6.39. The second-order valence-corrected chi connectivity index (χ2v) is 5.05. The van der Waals surface area contributed by atoms with E-state index >= 15 is 0 Å². The van der Waals surface area contributed by atoms with E-state index in [1.807, 2.05) is 0 Å². The number of hydrogen-bond donors (Lipinski definition) is 1. The third-order valence-electron chi connectivity index (χ3n) is 3.64. The Hall–Kier alpha value is -3.03. The molecule has 0 fully saturated rings. The first-order valence-corrected chi connectivity index (χ1v) is 7.04. The average Bonchev–Trinajstić information content (AvgIpc) is 2.60. The number of hydrogen-bond acceptors (Lipinski definition) is 6. The van der Waals surface area contributed by atoms with Crippen molar-refractivity contribution >= 4 is 17.7 Å². The van der Waals surface area contributed by atoms with Crippen LogP contribution in [0.4, 0.5) is 10.5 Å². The lowest BCUT2D eigenvalue weighted by molar-refractivity contribution is 0.102. The SMILES string of the molecule is COC(=O)N1CCc2c(cncc2C(=O)Nc2cncnc2)C1. The minimum absolute atomic E-state index is 0.268. The normalized spacial score (nSPS) is 13.2. The van der Waals surface area contributed by atoms with E-state index in [1.165, 1.54) is 32.0 Å². The van der Waals surface area contributed by atoms with Gasteiger partial charge in [0.15, 0.2) is 0 Å². The molecule has 0 atom stereocenters. The van der Waals surface area contributed by atoms with Crippen LogP contribution in [0.3, 0.4) is 0 Å². The minimum Gasteiger partial charge on any atom is -0.453 e. The van der Waals surface area contributed by atoms with E-state index in [-0.39, 0.29) is 12.0 Å². The van der Waals surface area contributed by atoms with Gasteiger partial charge in [-0.1, -0.05) is 0 Å². The van der Waals surface area contributed by atoms with Gasteiger partial charge >= 0.3 is 6.09 Å². The van der Waals surface area contributed by atoms with Gasteiger partial charge in [0.25, 0.3) is 5.91 Å². The molecule has 23 heavy (non-hydrogen) atoms. The Morgan fingerprint density at radius 1 is 1.17 bits per heavy atom. The predicted molar refractivity (Wildman–Crippen MR) is 80.7 cm³/mol. The molecule has 1 N–H and O–H groups in total. The van der Waals surface area contributed by atoms with Gasteiger partial charge in [-0.05, 0) is 17.5 Å². The van der Waals surface area contributed by atoms with Gasteiger partial charge in [0.2, 0.25) is 0 Å². The molecule has 1 aliphatic heterocycles. The summed E-state index contributed by atoms with van der Waals surface area (Å²) in [7, 11) is 1.35. The zero-order valence-corrected chi connectivity index (χ0v) is 12.5. The van der Waals surface area contributed by atoms with Crippen LogP contribution in [0.25, 0.3) is 0 Å². The maximum atomic E-state index is 12.4. The van der Waals surface area contributed by atoms with Gasteiger partial charge in [0.1, 0.15) is 6.33 Å². The molecule has 1 aliphatic rings. The van der Waals surface area contributed by atoms with Gasteiger partial charge in [-0.15, -0.1) is 0 Å². The molecule has 0 aromatic carbocycles. The smallest absolute Gasteiger partial charge is 0.409 e. The fourth-order valence-electron chi connectivity index (χ4n) is 2.54. The number of fused-ring (bicyclic) bond motifs is 1. The monoisotopic (exact) mass is 313 g/mol. The molecule has 0 bridgehead atoms. The summed E-state index contributed by atoms with van der Waals surface area (Å²) in [5.74, 6) is -0.268. The number of nitrogens with one attached hydrogen (secondary N) is 1. The van der Waals surface area contributed by atoms with E-state index in [4.69, 9.17) is 4.74 Å². The molecule has 2 aromatic heterocycles. The van der Waals surface area contributed by atoms with Gasteiger partial charge in [-0.2, -0.15) is 0 Å². The second-order valence-electron chi connectivity index (χ2n) is 5.05. The highest BCUT2D eigenvalue weighted by Crippen LogP contribution is 2.22. The highest BCUT2D eigenvalue weighted by molar-refractivity contribution is 6.05. The third-order valence-corrected chi connectivity index (χ3v) is 3.64. The molecule has 0 spiro atoms. The molecule has 118 valence electrons. The van der Waals surface area contributed by atoms with Crippen molar-refractivity contribution in [2.75, 3.05) is 19.0 Å². The van der Waals surface area contributed by atoms with Crippen LogP contribution in [0.2, 0.25) is 0 Å². The molecule has 0 radical (unpaired) electrons. The molecule has 2 aromatic rings. The van der Waals surface area contributed by atoms with Crippen LogP contribution in [0.5, 0.6) is 0 Å². The molecule has 0 aliphatic carbocycles. The van der Waals surface area contributed by atoms with Crippen LogP contribution in [0.1, 0.15) is 21.5 Å². The number of methoxy groups -OCH3 is 1. The summed E-state index contributed by atoms with van der Waals surface area (Å²) in [4.78, 5) is 37.5. The van der Waals surface area contributed by atoms with Crippen LogP contribution in [0.15, 0.2) is 31.1 Å². The van der Waals surface area contributed by atoms with Crippen molar-refractivity contribution in [1.29, 1.82) is 0 Å². The van der Waals surface area contributed by atoms with E-state index in [2.05, 4.69) is 20.3 Å². The molecule has 8 nitrogen and oxygen atoms in total. The lowest BCUT2D eigenvalue weighted by atomic mass is 9.97. The number of carbonyl (C=O) groups is 2. The lowest BCUT2D eigenvalue weighted by Crippen LogP contribution is -2.36. The summed E-state index contributed by atoms with van der Waals surface area (Å²) in [5, 5.41) is 2.74. The quantitative estimate of drug-likeness (QED) is 0.896. The minimum atomic E-state index is -0.382. The molecule has 2 amide bonds. The molecule has 0 saturated carbocycles. The molecule has 8 heteroatoms. The Morgan fingerprint density at radius 3 is 2.70 bits per heavy atom. The van der Waals surface area contributed by atoms with Crippen molar-refractivity contribution in [2.45, 2.75) is 13.0 Å². The highest BCUT2D eigenvalue weighted by atomic mass is 16.5. The number of nitrogens with zero attached hydrogens (tertiary/aromatic N) is 4. The lowest BCUT2D eigenvalue weighted by Gasteiger charge is -2.28. The van der Waals surface area contributed by atoms with Crippen molar-refractivity contribution in [3.63, 3.8) is 0 Å². The van der Waals surface area contributed by atoms with Crippen molar-refractivity contribution in [3.05, 3.63) is 47.8 Å². The summed E-state index contributed by atoms with van der Waals surface area (Å²) < 4.78 is 4.73. The predicted octanol–water partition coefficient (Wildman–Crippen LogP) is 1.25. The molecule has 0 saturated heterocycles. The van der Waals surface area contributed by atoms with Crippen LogP contribution in [0, 0.1) is 0 Å². The molecular formula is C15H15N5O3. The standard InChI is InChI=1S/C15H15N5O3/c1-23-15(22)20-3-2-12-10(8-20)4-16-7-13(12)14(21)19-11-5-17-9-18-6-11/h4-7,9H,2-3,8H2,1H3,(H,19,21). The first-order valence-electron chi connectivity index (χ1n) is 7.04. The van der Waals surface area contributed by atoms with Gasteiger partial charge in [-0.25, -0.2) is 14.8 Å². The van der Waals surface area contributed by atoms with E-state index in [0.717, 1.165) is 11.1 Å². The van der Waals surface area contributed by atoms with Crippen LogP contribution in [-0.2, 0) is 17.7 Å². The van der Waals surface area contributed by atoms with Crippen molar-refractivity contribution in [2.24, 2.45) is 0 Å². The fraction of sp³-hybridized carbons (Fsp3) is 0.267. The van der Waals surface area contributed by atoms with Crippen molar-refractivity contribution in [3.8, 4) is 0 Å².